The van der Waals surface area contributed by atoms with Gasteiger partial charge >= 0.3 is 12.0 Å². The summed E-state index contributed by atoms with van der Waals surface area (Å²) in [6.07, 6.45) is 2.58. The Morgan fingerprint density at radius 2 is 2.15 bits per heavy atom. The van der Waals surface area contributed by atoms with Gasteiger partial charge in [0.15, 0.2) is 5.82 Å². The third kappa shape index (κ3) is 4.20. The summed E-state index contributed by atoms with van der Waals surface area (Å²) in [5.41, 5.74) is 7.49. The van der Waals surface area contributed by atoms with Gasteiger partial charge in [-0.05, 0) is 17.7 Å². The molecule has 0 saturated carbocycles. The van der Waals surface area contributed by atoms with Crippen LogP contribution in [0, 0.1) is 11.2 Å². The maximum atomic E-state index is 15.4. The van der Waals surface area contributed by atoms with E-state index in [9.17, 15) is 9.59 Å². The molecule has 0 unspecified atom stereocenters. The van der Waals surface area contributed by atoms with Crippen molar-refractivity contribution in [1.82, 2.24) is 14.5 Å². The van der Waals surface area contributed by atoms with Gasteiger partial charge in [0.05, 0.1) is 16.2 Å². The number of hydrogen-bond donors (Lipinski definition) is 4. The molecule has 4 rings (SSSR count). The fraction of sp³-hybridized carbons (Fsp3) is 0.200. The summed E-state index contributed by atoms with van der Waals surface area (Å²) in [6, 6.07) is 4.51. The molecule has 10 nitrogen and oxygen atoms in total. The second-order valence-corrected chi connectivity index (χ2v) is 7.62. The molecule has 2 amide bonds. The first kappa shape index (κ1) is 24.3. The van der Waals surface area contributed by atoms with Crippen molar-refractivity contribution >= 4 is 52.5 Å². The van der Waals surface area contributed by atoms with Gasteiger partial charge in [-0.25, -0.2) is 13.7 Å². The van der Waals surface area contributed by atoms with Gasteiger partial charge in [0.25, 0.3) is 0 Å². The molecule has 3 heterocycles. The predicted octanol–water partition coefficient (Wildman–Crippen LogP) is 2.74. The third-order valence-electron chi connectivity index (χ3n) is 5.24. The summed E-state index contributed by atoms with van der Waals surface area (Å²) in [7, 11) is 1.60. The number of amides is 2. The van der Waals surface area contributed by atoms with E-state index < -0.39 is 17.8 Å². The number of nitrogens with one attached hydrogen (secondary N) is 2. The van der Waals surface area contributed by atoms with Crippen molar-refractivity contribution < 1.29 is 36.2 Å². The Kier molecular flexibility index (Phi) is 6.82. The van der Waals surface area contributed by atoms with Crippen LogP contribution in [0.4, 0.5) is 26.4 Å². The van der Waals surface area contributed by atoms with Gasteiger partial charge in [-0.2, -0.15) is 5.10 Å². The molecule has 1 aromatic carbocycles. The van der Waals surface area contributed by atoms with Crippen molar-refractivity contribution in [2.45, 2.75) is 0 Å². The number of aliphatic carboxylic acids is 1. The summed E-state index contributed by atoms with van der Waals surface area (Å²) >= 11 is 6.41. The van der Waals surface area contributed by atoms with E-state index in [4.69, 9.17) is 27.9 Å². The van der Waals surface area contributed by atoms with Crippen LogP contribution in [0.1, 0.15) is 5.56 Å². The van der Waals surface area contributed by atoms with E-state index >= 15 is 4.39 Å². The zero-order valence-corrected chi connectivity index (χ0v) is 19.1. The van der Waals surface area contributed by atoms with Gasteiger partial charge in [0.2, 0.25) is 0 Å². The first-order valence-corrected chi connectivity index (χ1v) is 9.89. The van der Waals surface area contributed by atoms with E-state index in [1.165, 1.54) is 14.3 Å². The van der Waals surface area contributed by atoms with Gasteiger partial charge in [-0.15, -0.1) is 0 Å². The maximum absolute atomic E-state index is 15.4. The standard InChI is InChI=1S/C20H19ClFN7O3.Fe/c1-27-4-5-28(20(27)32)19-17(22)16(21)15(12(8-23)18(19)24)10-2-3-29-11(6-10)7-13(26-29)25-9-14(30)31;/h2-3,6-8,23H,4-5,9,24H2,1H3,(H,25,26)(H,30,31);. The van der Waals surface area contributed by atoms with Crippen molar-refractivity contribution in [1.29, 1.82) is 5.41 Å². The Balaban J connectivity index is 0.00000306. The Bertz CT molecular complexity index is 1280. The summed E-state index contributed by atoms with van der Waals surface area (Å²) in [6.45, 7) is 0.360. The van der Waals surface area contributed by atoms with Crippen LogP contribution in [0.2, 0.25) is 5.02 Å². The number of nitrogen functional groups attached to an aromatic ring is 1. The number of urea groups is 1. The smallest absolute Gasteiger partial charge is 0.324 e. The van der Waals surface area contributed by atoms with Gasteiger partial charge in [-0.1, -0.05) is 11.6 Å². The van der Waals surface area contributed by atoms with Crippen molar-refractivity contribution in [3.8, 4) is 11.1 Å². The number of carboxylic acid groups (broad SMARTS) is 1. The second kappa shape index (κ2) is 9.26. The number of rotatable bonds is 6. The molecule has 33 heavy (non-hydrogen) atoms. The number of pyridine rings is 1. The number of likely N-dealkylation sites (N-methyl/N-ethyl adjacent to an activating group) is 1. The van der Waals surface area contributed by atoms with E-state index in [1.54, 1.807) is 31.4 Å². The van der Waals surface area contributed by atoms with Crippen LogP contribution in [-0.4, -0.2) is 64.5 Å². The molecule has 174 valence electrons. The Labute approximate surface area is 203 Å². The number of hydrogen-bond acceptors (Lipinski definition) is 6. The normalized spacial score (nSPS) is 13.4. The van der Waals surface area contributed by atoms with Crippen LogP contribution in [0.3, 0.4) is 0 Å². The molecule has 3 aromatic rings. The average molecular weight is 516 g/mol. The molecule has 1 saturated heterocycles. The molecule has 0 aliphatic carbocycles. The van der Waals surface area contributed by atoms with Crippen LogP contribution in [-0.2, 0) is 21.9 Å². The zero-order chi connectivity index (χ0) is 23.2. The number of nitrogens with zero attached hydrogens (tertiary/aromatic N) is 4. The second-order valence-electron chi connectivity index (χ2n) is 7.24. The predicted molar refractivity (Wildman–Crippen MR) is 119 cm³/mol. The molecule has 2 aromatic heterocycles. The average Bonchev–Trinajstić information content (AvgIpc) is 3.32. The van der Waals surface area contributed by atoms with E-state index in [1.807, 2.05) is 0 Å². The monoisotopic (exact) mass is 515 g/mol. The Morgan fingerprint density at radius 3 is 2.76 bits per heavy atom. The number of nitrogens with two attached hydrogens (primary N) is 1. The molecular weight excluding hydrogens is 497 g/mol. The minimum absolute atomic E-state index is 0. The number of carbonyl (C=O) groups is 2. The first-order chi connectivity index (χ1) is 15.2. The molecule has 1 aliphatic heterocycles. The topological polar surface area (TPSA) is 140 Å². The van der Waals surface area contributed by atoms with E-state index in [0.29, 0.717) is 23.4 Å². The maximum Gasteiger partial charge on any atom is 0.324 e. The summed E-state index contributed by atoms with van der Waals surface area (Å²) < 4.78 is 16.9. The number of carbonyl (C=O) groups excluding carboxylic acids is 1. The summed E-state index contributed by atoms with van der Waals surface area (Å²) in [5.74, 6) is -1.52. The van der Waals surface area contributed by atoms with Gasteiger partial charge in [0.1, 0.15) is 18.1 Å². The van der Waals surface area contributed by atoms with Gasteiger partial charge < -0.3 is 26.5 Å². The molecule has 0 bridgehead atoms. The van der Waals surface area contributed by atoms with Gasteiger partial charge in [0, 0.05) is 66.8 Å². The molecule has 1 fully saturated rings. The van der Waals surface area contributed by atoms with E-state index in [2.05, 4.69) is 10.4 Å². The fourth-order valence-corrected chi connectivity index (χ4v) is 3.97. The number of aromatic nitrogens is 2. The van der Waals surface area contributed by atoms with Crippen molar-refractivity contribution in [2.75, 3.05) is 42.6 Å². The number of anilines is 3. The summed E-state index contributed by atoms with van der Waals surface area (Å²) in [5, 5.41) is 23.3. The minimum Gasteiger partial charge on any atom is -0.480 e. The molecule has 5 N–H and O–H groups in total. The molecule has 0 spiro atoms. The number of fused-ring (bicyclic) bond motifs is 1. The van der Waals surface area contributed by atoms with Crippen LogP contribution < -0.4 is 16.0 Å². The van der Waals surface area contributed by atoms with Crippen molar-refractivity contribution in [2.24, 2.45) is 0 Å². The van der Waals surface area contributed by atoms with Crippen molar-refractivity contribution in [3.63, 3.8) is 0 Å². The fourth-order valence-electron chi connectivity index (χ4n) is 3.67. The molecule has 1 aliphatic rings. The quantitative estimate of drug-likeness (QED) is 0.226. The Morgan fingerprint density at radius 1 is 1.42 bits per heavy atom. The van der Waals surface area contributed by atoms with Crippen LogP contribution in [0.15, 0.2) is 24.4 Å². The third-order valence-corrected chi connectivity index (χ3v) is 5.59. The molecular formula is C20H19ClFFeN7O3. The van der Waals surface area contributed by atoms with Gasteiger partial charge in [-0.3, -0.25) is 9.69 Å². The van der Waals surface area contributed by atoms with E-state index in [0.717, 1.165) is 6.21 Å². The first-order valence-electron chi connectivity index (χ1n) is 9.52. The van der Waals surface area contributed by atoms with Crippen LogP contribution in [0.25, 0.3) is 16.6 Å². The van der Waals surface area contributed by atoms with Crippen LogP contribution >= 0.6 is 11.6 Å². The molecule has 13 heteroatoms. The minimum atomic E-state index is -1.03. The van der Waals surface area contributed by atoms with Crippen molar-refractivity contribution in [3.05, 3.63) is 40.8 Å². The molecule has 0 radical (unpaired) electrons. The molecule has 0 atom stereocenters. The zero-order valence-electron chi connectivity index (χ0n) is 17.2. The largest absolute Gasteiger partial charge is 0.480 e. The van der Waals surface area contributed by atoms with Crippen LogP contribution in [0.5, 0.6) is 0 Å². The summed E-state index contributed by atoms with van der Waals surface area (Å²) in [4.78, 5) is 25.8. The number of halogens is 2. The Hall–Kier alpha value is -3.34. The van der Waals surface area contributed by atoms with E-state index in [-0.39, 0.29) is 57.7 Å². The number of carboxylic acids is 1. The number of benzene rings is 1. The SMILES string of the molecule is CN1CCN(c2c(N)c(C=N)c(-c3ccn4nc(NCC(=O)O)cc4c3)c(Cl)c2F)C1=O.[Fe].